The van der Waals surface area contributed by atoms with Crippen molar-refractivity contribution in [2.45, 2.75) is 0 Å². The predicted molar refractivity (Wildman–Crippen MR) is 45.1 cm³/mol. The lowest BCUT2D eigenvalue weighted by atomic mass is 10.1. The molecule has 1 aromatic carbocycles. The zero-order valence-electron chi connectivity index (χ0n) is 5.87. The van der Waals surface area contributed by atoms with Gasteiger partial charge in [-0.1, -0.05) is 0 Å². The quantitative estimate of drug-likeness (QED) is 0.396. The summed E-state index contributed by atoms with van der Waals surface area (Å²) >= 11 is 0. The SMILES string of the molecule is Nc1cc(C=O)cc(N)c1N. The van der Waals surface area contributed by atoms with Gasteiger partial charge in [-0.25, -0.2) is 0 Å². The molecule has 11 heavy (non-hydrogen) atoms. The lowest BCUT2D eigenvalue weighted by Crippen LogP contribution is -2.01. The molecule has 0 spiro atoms. The molecule has 0 aromatic heterocycles. The van der Waals surface area contributed by atoms with E-state index in [2.05, 4.69) is 0 Å². The molecule has 0 aliphatic heterocycles. The lowest BCUT2D eigenvalue weighted by Gasteiger charge is -2.03. The van der Waals surface area contributed by atoms with E-state index < -0.39 is 0 Å². The van der Waals surface area contributed by atoms with Crippen LogP contribution in [0.3, 0.4) is 0 Å². The van der Waals surface area contributed by atoms with Crippen molar-refractivity contribution in [2.24, 2.45) is 0 Å². The normalized spacial score (nSPS) is 9.45. The van der Waals surface area contributed by atoms with Crippen molar-refractivity contribution < 1.29 is 4.79 Å². The van der Waals surface area contributed by atoms with Crippen LogP contribution < -0.4 is 17.2 Å². The van der Waals surface area contributed by atoms with Crippen LogP contribution in [0.2, 0.25) is 0 Å². The first-order valence-corrected chi connectivity index (χ1v) is 3.05. The number of hydrogen-bond donors (Lipinski definition) is 3. The Morgan fingerprint density at radius 2 is 1.55 bits per heavy atom. The Hall–Kier alpha value is -1.71. The molecule has 0 unspecified atom stereocenters. The number of carbonyl (C=O) groups is 1. The fourth-order valence-electron chi connectivity index (χ4n) is 0.791. The standard InChI is InChI=1S/C7H9N3O/c8-5-1-4(3-11)2-6(9)7(5)10/h1-3H,8-10H2. The molecular formula is C7H9N3O. The van der Waals surface area contributed by atoms with Crippen LogP contribution in [0.25, 0.3) is 0 Å². The molecular weight excluding hydrogens is 142 g/mol. The molecule has 1 rings (SSSR count). The fourth-order valence-corrected chi connectivity index (χ4v) is 0.791. The number of benzene rings is 1. The molecule has 0 atom stereocenters. The molecule has 0 fully saturated rings. The Kier molecular flexibility index (Phi) is 1.68. The number of nitrogens with two attached hydrogens (primary N) is 3. The topological polar surface area (TPSA) is 95.1 Å². The highest BCUT2D eigenvalue weighted by atomic mass is 16.1. The van der Waals surface area contributed by atoms with Crippen molar-refractivity contribution >= 4 is 23.3 Å². The number of carbonyl (C=O) groups excluding carboxylic acids is 1. The Labute approximate surface area is 64.0 Å². The van der Waals surface area contributed by atoms with Gasteiger partial charge >= 0.3 is 0 Å². The molecule has 0 radical (unpaired) electrons. The summed E-state index contributed by atoms with van der Waals surface area (Å²) in [5.74, 6) is 0. The van der Waals surface area contributed by atoms with Crippen LogP contribution >= 0.6 is 0 Å². The van der Waals surface area contributed by atoms with E-state index in [0.29, 0.717) is 28.9 Å². The van der Waals surface area contributed by atoms with E-state index in [1.54, 1.807) is 0 Å². The van der Waals surface area contributed by atoms with Gasteiger partial charge in [0.15, 0.2) is 0 Å². The highest BCUT2D eigenvalue weighted by molar-refractivity contribution is 5.86. The van der Waals surface area contributed by atoms with Gasteiger partial charge in [0.1, 0.15) is 6.29 Å². The van der Waals surface area contributed by atoms with E-state index in [0.717, 1.165) is 0 Å². The number of rotatable bonds is 1. The molecule has 0 saturated carbocycles. The van der Waals surface area contributed by atoms with Crippen LogP contribution in [0, 0.1) is 0 Å². The van der Waals surface area contributed by atoms with Crippen molar-refractivity contribution in [2.75, 3.05) is 17.2 Å². The second-order valence-electron chi connectivity index (χ2n) is 2.23. The Bertz CT molecular complexity index is 273. The molecule has 6 N–H and O–H groups in total. The largest absolute Gasteiger partial charge is 0.397 e. The van der Waals surface area contributed by atoms with Gasteiger partial charge in [-0.2, -0.15) is 0 Å². The van der Waals surface area contributed by atoms with Gasteiger partial charge in [-0.3, -0.25) is 4.79 Å². The number of hydrogen-bond acceptors (Lipinski definition) is 4. The molecule has 0 saturated heterocycles. The van der Waals surface area contributed by atoms with Crippen LogP contribution in [0.15, 0.2) is 12.1 Å². The van der Waals surface area contributed by atoms with Crippen LogP contribution in [0.1, 0.15) is 10.4 Å². The Morgan fingerprint density at radius 3 is 1.91 bits per heavy atom. The molecule has 58 valence electrons. The Morgan fingerprint density at radius 1 is 1.09 bits per heavy atom. The van der Waals surface area contributed by atoms with Gasteiger partial charge in [0.05, 0.1) is 17.1 Å². The highest BCUT2D eigenvalue weighted by Crippen LogP contribution is 2.23. The molecule has 0 bridgehead atoms. The third-order valence-electron chi connectivity index (χ3n) is 1.40. The van der Waals surface area contributed by atoms with Gasteiger partial charge in [-0.15, -0.1) is 0 Å². The summed E-state index contributed by atoms with van der Waals surface area (Å²) in [7, 11) is 0. The maximum Gasteiger partial charge on any atom is 0.150 e. The van der Waals surface area contributed by atoms with E-state index >= 15 is 0 Å². The van der Waals surface area contributed by atoms with Crippen LogP contribution in [-0.4, -0.2) is 6.29 Å². The van der Waals surface area contributed by atoms with E-state index in [-0.39, 0.29) is 0 Å². The van der Waals surface area contributed by atoms with E-state index in [9.17, 15) is 4.79 Å². The van der Waals surface area contributed by atoms with Crippen molar-refractivity contribution in [3.05, 3.63) is 17.7 Å². The minimum absolute atomic E-state index is 0.329. The highest BCUT2D eigenvalue weighted by Gasteiger charge is 2.00. The molecule has 4 heteroatoms. The molecule has 4 nitrogen and oxygen atoms in total. The summed E-state index contributed by atoms with van der Waals surface area (Å²) in [6.45, 7) is 0. The van der Waals surface area contributed by atoms with Crippen molar-refractivity contribution in [3.63, 3.8) is 0 Å². The molecule has 0 heterocycles. The molecule has 0 aliphatic rings. The van der Waals surface area contributed by atoms with Crippen LogP contribution in [0.5, 0.6) is 0 Å². The van der Waals surface area contributed by atoms with Crippen molar-refractivity contribution in [1.29, 1.82) is 0 Å². The zero-order chi connectivity index (χ0) is 8.43. The smallest absolute Gasteiger partial charge is 0.150 e. The number of anilines is 3. The molecule has 0 aliphatic carbocycles. The number of nitrogen functional groups attached to an aromatic ring is 3. The maximum absolute atomic E-state index is 10.3. The lowest BCUT2D eigenvalue weighted by molar-refractivity contribution is 0.112. The first-order valence-electron chi connectivity index (χ1n) is 3.05. The monoisotopic (exact) mass is 151 g/mol. The fraction of sp³-hybridized carbons (Fsp3) is 0. The summed E-state index contributed by atoms with van der Waals surface area (Å²) in [5, 5.41) is 0. The van der Waals surface area contributed by atoms with Gasteiger partial charge < -0.3 is 17.2 Å². The van der Waals surface area contributed by atoms with Gasteiger partial charge in [-0.05, 0) is 12.1 Å². The average molecular weight is 151 g/mol. The first kappa shape index (κ1) is 7.40. The van der Waals surface area contributed by atoms with Gasteiger partial charge in [0.25, 0.3) is 0 Å². The van der Waals surface area contributed by atoms with E-state index in [1.165, 1.54) is 12.1 Å². The van der Waals surface area contributed by atoms with E-state index in [1.807, 2.05) is 0 Å². The van der Waals surface area contributed by atoms with Crippen LogP contribution in [0.4, 0.5) is 17.1 Å². The second kappa shape index (κ2) is 2.49. The summed E-state index contributed by atoms with van der Waals surface area (Å²) in [6.07, 6.45) is 0.673. The van der Waals surface area contributed by atoms with Gasteiger partial charge in [0.2, 0.25) is 0 Å². The predicted octanol–water partition coefficient (Wildman–Crippen LogP) is 0.246. The summed E-state index contributed by atoms with van der Waals surface area (Å²) in [6, 6.07) is 2.97. The Balaban J connectivity index is 3.31. The van der Waals surface area contributed by atoms with Crippen LogP contribution in [-0.2, 0) is 0 Å². The van der Waals surface area contributed by atoms with Crippen molar-refractivity contribution in [1.82, 2.24) is 0 Å². The third kappa shape index (κ3) is 1.24. The van der Waals surface area contributed by atoms with E-state index in [4.69, 9.17) is 17.2 Å². The minimum atomic E-state index is 0.329. The molecule has 1 aromatic rings. The second-order valence-corrected chi connectivity index (χ2v) is 2.23. The third-order valence-corrected chi connectivity index (χ3v) is 1.40. The number of aldehydes is 1. The summed E-state index contributed by atoms with van der Waals surface area (Å²) in [4.78, 5) is 10.3. The summed E-state index contributed by atoms with van der Waals surface area (Å²) < 4.78 is 0. The minimum Gasteiger partial charge on any atom is -0.397 e. The average Bonchev–Trinajstić information content (AvgIpc) is 1.99. The first-order chi connectivity index (χ1) is 5.15. The van der Waals surface area contributed by atoms with Crippen molar-refractivity contribution in [3.8, 4) is 0 Å². The summed E-state index contributed by atoms with van der Waals surface area (Å²) in [5.41, 5.74) is 17.8. The maximum atomic E-state index is 10.3. The van der Waals surface area contributed by atoms with Gasteiger partial charge in [0, 0.05) is 5.56 Å². The molecule has 0 amide bonds. The zero-order valence-corrected chi connectivity index (χ0v) is 5.87.